The zero-order valence-corrected chi connectivity index (χ0v) is 12.2. The molecule has 0 aromatic heterocycles. The zero-order valence-electron chi connectivity index (χ0n) is 12.2. The van der Waals surface area contributed by atoms with Crippen molar-refractivity contribution in [2.75, 3.05) is 7.11 Å². The van der Waals surface area contributed by atoms with E-state index in [2.05, 4.69) is 11.4 Å². The fourth-order valence-electron chi connectivity index (χ4n) is 2.10. The first kappa shape index (κ1) is 14.6. The van der Waals surface area contributed by atoms with Gasteiger partial charge in [0.1, 0.15) is 5.75 Å². The Morgan fingerprint density at radius 1 is 1.28 bits per heavy atom. The molecule has 1 aromatic rings. The lowest BCUT2D eigenvalue weighted by Crippen LogP contribution is -2.41. The summed E-state index contributed by atoms with van der Waals surface area (Å²) in [5, 5.41) is 2.96. The highest BCUT2D eigenvalue weighted by Gasteiger charge is 2.16. The van der Waals surface area contributed by atoms with Crippen molar-refractivity contribution in [3.05, 3.63) is 28.8 Å². The predicted molar refractivity (Wildman–Crippen MR) is 74.1 cm³/mol. The first-order valence-corrected chi connectivity index (χ1v) is 6.18. The molecule has 18 heavy (non-hydrogen) atoms. The van der Waals surface area contributed by atoms with Gasteiger partial charge in [0.2, 0.25) is 5.91 Å². The predicted octanol–water partition coefficient (Wildman–Crippen LogP) is 2.77. The van der Waals surface area contributed by atoms with Crippen molar-refractivity contribution in [3.8, 4) is 5.75 Å². The molecular weight excluding hydrogens is 226 g/mol. The molecule has 3 heteroatoms. The third-order valence-corrected chi connectivity index (χ3v) is 2.57. The number of ether oxygens (including phenoxy) is 1. The normalized spacial score (nSPS) is 11.2. The van der Waals surface area contributed by atoms with Crippen LogP contribution in [0.5, 0.6) is 5.75 Å². The summed E-state index contributed by atoms with van der Waals surface area (Å²) in [6.07, 6.45) is 0.350. The lowest BCUT2D eigenvalue weighted by atomic mass is 10.0. The van der Waals surface area contributed by atoms with E-state index in [0.717, 1.165) is 22.4 Å². The van der Waals surface area contributed by atoms with E-state index >= 15 is 0 Å². The number of benzene rings is 1. The molecule has 0 saturated heterocycles. The summed E-state index contributed by atoms with van der Waals surface area (Å²) in [6, 6.07) is 4.07. The standard InChI is InChI=1S/C15H23NO2/c1-10-7-11(2)14(18-6)12(8-10)9-13(17)16-15(3,4)5/h7-8H,9H2,1-6H3,(H,16,17). The molecule has 0 saturated carbocycles. The highest BCUT2D eigenvalue weighted by molar-refractivity contribution is 5.80. The van der Waals surface area contributed by atoms with Crippen LogP contribution in [-0.4, -0.2) is 18.6 Å². The van der Waals surface area contributed by atoms with Gasteiger partial charge in [0.25, 0.3) is 0 Å². The van der Waals surface area contributed by atoms with Gasteiger partial charge in [0.15, 0.2) is 0 Å². The Morgan fingerprint density at radius 3 is 2.39 bits per heavy atom. The van der Waals surface area contributed by atoms with Gasteiger partial charge in [0, 0.05) is 11.1 Å². The van der Waals surface area contributed by atoms with E-state index < -0.39 is 0 Å². The first-order chi connectivity index (χ1) is 8.23. The highest BCUT2D eigenvalue weighted by atomic mass is 16.5. The summed E-state index contributed by atoms with van der Waals surface area (Å²) in [6.45, 7) is 9.95. The van der Waals surface area contributed by atoms with Gasteiger partial charge >= 0.3 is 0 Å². The lowest BCUT2D eigenvalue weighted by molar-refractivity contribution is -0.121. The molecule has 0 heterocycles. The van der Waals surface area contributed by atoms with Crippen molar-refractivity contribution >= 4 is 5.91 Å². The van der Waals surface area contributed by atoms with E-state index in [0.29, 0.717) is 6.42 Å². The minimum absolute atomic E-state index is 0.0193. The number of amides is 1. The average molecular weight is 249 g/mol. The minimum Gasteiger partial charge on any atom is -0.496 e. The quantitative estimate of drug-likeness (QED) is 0.894. The molecule has 100 valence electrons. The number of carbonyl (C=O) groups is 1. The van der Waals surface area contributed by atoms with Gasteiger partial charge in [-0.25, -0.2) is 0 Å². The van der Waals surface area contributed by atoms with Gasteiger partial charge in [-0.15, -0.1) is 0 Å². The number of hydrogen-bond acceptors (Lipinski definition) is 2. The van der Waals surface area contributed by atoms with E-state index in [1.165, 1.54) is 0 Å². The maximum atomic E-state index is 12.0. The molecule has 3 nitrogen and oxygen atoms in total. The molecule has 1 N–H and O–H groups in total. The Labute approximate surface area is 110 Å². The number of hydrogen-bond donors (Lipinski definition) is 1. The molecule has 0 fully saturated rings. The molecule has 1 rings (SSSR count). The number of rotatable bonds is 3. The minimum atomic E-state index is -0.205. The summed E-state index contributed by atoms with van der Waals surface area (Å²) in [5.74, 6) is 0.829. The van der Waals surface area contributed by atoms with Crippen molar-refractivity contribution in [3.63, 3.8) is 0 Å². The first-order valence-electron chi connectivity index (χ1n) is 6.18. The second-order valence-corrected chi connectivity index (χ2v) is 5.75. The fourth-order valence-corrected chi connectivity index (χ4v) is 2.10. The zero-order chi connectivity index (χ0) is 13.9. The molecule has 0 radical (unpaired) electrons. The molecule has 0 unspecified atom stereocenters. The number of methoxy groups -OCH3 is 1. The van der Waals surface area contributed by atoms with Crippen molar-refractivity contribution in [2.45, 2.75) is 46.6 Å². The smallest absolute Gasteiger partial charge is 0.224 e. The summed E-state index contributed by atoms with van der Waals surface area (Å²) >= 11 is 0. The average Bonchev–Trinajstić information content (AvgIpc) is 2.13. The molecule has 0 aliphatic rings. The van der Waals surface area contributed by atoms with E-state index in [4.69, 9.17) is 4.74 Å². The molecule has 1 amide bonds. The van der Waals surface area contributed by atoms with Gasteiger partial charge < -0.3 is 10.1 Å². The Balaban J connectivity index is 2.93. The maximum Gasteiger partial charge on any atom is 0.224 e. The second kappa shape index (κ2) is 5.42. The van der Waals surface area contributed by atoms with Crippen LogP contribution in [0.25, 0.3) is 0 Å². The summed E-state index contributed by atoms with van der Waals surface area (Å²) in [4.78, 5) is 12.0. The van der Waals surface area contributed by atoms with Crippen LogP contribution in [0.15, 0.2) is 12.1 Å². The van der Waals surface area contributed by atoms with Crippen LogP contribution in [0.4, 0.5) is 0 Å². The van der Waals surface area contributed by atoms with E-state index in [1.807, 2.05) is 40.7 Å². The molecule has 0 atom stereocenters. The monoisotopic (exact) mass is 249 g/mol. The van der Waals surface area contributed by atoms with Crippen LogP contribution in [0.1, 0.15) is 37.5 Å². The van der Waals surface area contributed by atoms with Crippen molar-refractivity contribution in [1.29, 1.82) is 0 Å². The Hall–Kier alpha value is -1.51. The van der Waals surface area contributed by atoms with Crippen LogP contribution in [0, 0.1) is 13.8 Å². The van der Waals surface area contributed by atoms with Crippen molar-refractivity contribution in [1.82, 2.24) is 5.32 Å². The van der Waals surface area contributed by atoms with Crippen LogP contribution >= 0.6 is 0 Å². The van der Waals surface area contributed by atoms with E-state index in [-0.39, 0.29) is 11.4 Å². The van der Waals surface area contributed by atoms with Crippen molar-refractivity contribution in [2.24, 2.45) is 0 Å². The largest absolute Gasteiger partial charge is 0.496 e. The Kier molecular flexibility index (Phi) is 4.38. The second-order valence-electron chi connectivity index (χ2n) is 5.75. The SMILES string of the molecule is COc1c(C)cc(C)cc1CC(=O)NC(C)(C)C. The molecule has 0 spiro atoms. The van der Waals surface area contributed by atoms with E-state index in [1.54, 1.807) is 7.11 Å². The third kappa shape index (κ3) is 4.06. The van der Waals surface area contributed by atoms with Crippen LogP contribution in [0.2, 0.25) is 0 Å². The fraction of sp³-hybridized carbons (Fsp3) is 0.533. The summed E-state index contributed by atoms with van der Waals surface area (Å²) in [5.41, 5.74) is 2.95. The maximum absolute atomic E-state index is 12.0. The Morgan fingerprint density at radius 2 is 1.89 bits per heavy atom. The molecule has 0 aliphatic carbocycles. The third-order valence-electron chi connectivity index (χ3n) is 2.57. The lowest BCUT2D eigenvalue weighted by Gasteiger charge is -2.21. The van der Waals surface area contributed by atoms with Gasteiger partial charge in [0.05, 0.1) is 13.5 Å². The molecule has 0 bridgehead atoms. The topological polar surface area (TPSA) is 38.3 Å². The molecular formula is C15H23NO2. The highest BCUT2D eigenvalue weighted by Crippen LogP contribution is 2.25. The van der Waals surface area contributed by atoms with Gasteiger partial charge in [-0.05, 0) is 40.2 Å². The van der Waals surface area contributed by atoms with Crippen LogP contribution in [0.3, 0.4) is 0 Å². The van der Waals surface area contributed by atoms with Crippen LogP contribution in [-0.2, 0) is 11.2 Å². The van der Waals surface area contributed by atoms with E-state index in [9.17, 15) is 4.79 Å². The number of aryl methyl sites for hydroxylation is 2. The molecule has 0 aliphatic heterocycles. The van der Waals surface area contributed by atoms with Crippen molar-refractivity contribution < 1.29 is 9.53 Å². The van der Waals surface area contributed by atoms with Gasteiger partial charge in [-0.3, -0.25) is 4.79 Å². The Bertz CT molecular complexity index is 445. The summed E-state index contributed by atoms with van der Waals surface area (Å²) < 4.78 is 5.38. The summed E-state index contributed by atoms with van der Waals surface area (Å²) in [7, 11) is 1.64. The number of carbonyl (C=O) groups excluding carboxylic acids is 1. The molecule has 1 aromatic carbocycles. The van der Waals surface area contributed by atoms with Gasteiger partial charge in [-0.1, -0.05) is 17.7 Å². The number of nitrogens with one attached hydrogen (secondary N) is 1. The van der Waals surface area contributed by atoms with Crippen LogP contribution < -0.4 is 10.1 Å². The van der Waals surface area contributed by atoms with Gasteiger partial charge in [-0.2, -0.15) is 0 Å².